The topological polar surface area (TPSA) is 42.8 Å². The third-order valence-electron chi connectivity index (χ3n) is 5.41. The van der Waals surface area contributed by atoms with E-state index in [0.29, 0.717) is 24.6 Å². The molecule has 1 saturated heterocycles. The molecule has 2 N–H and O–H groups in total. The lowest BCUT2D eigenvalue weighted by molar-refractivity contribution is -0.908. The Morgan fingerprint density at radius 3 is 2.92 bits per heavy atom. The Bertz CT molecular complexity index is 499. The van der Waals surface area contributed by atoms with Gasteiger partial charge in [-0.15, -0.1) is 11.3 Å². The lowest BCUT2D eigenvalue weighted by Crippen LogP contribution is -3.13. The minimum atomic E-state index is 0.207. The van der Waals surface area contributed by atoms with Crippen LogP contribution >= 0.6 is 11.3 Å². The summed E-state index contributed by atoms with van der Waals surface area (Å²) < 4.78 is 5.80. The highest BCUT2D eigenvalue weighted by atomic mass is 32.1. The molecule has 0 bridgehead atoms. The van der Waals surface area contributed by atoms with Gasteiger partial charge >= 0.3 is 0 Å². The standard InChI is InChI=1S/C19H30N2O2S/c1-15-6-2-3-9-18(15)20-19(22)14-21(12-16-7-4-10-23-16)13-17-8-5-11-24-17/h5,8,11,15-16,18H,2-4,6-7,9-10,12-14H2,1H3,(H,20,22)/p+1/t15-,16+,18-/m1/s1. The van der Waals surface area contributed by atoms with E-state index in [1.807, 2.05) is 0 Å². The number of hydrogen-bond donors (Lipinski definition) is 2. The van der Waals surface area contributed by atoms with Crippen LogP contribution in [0.2, 0.25) is 0 Å². The maximum absolute atomic E-state index is 12.6. The third kappa shape index (κ3) is 5.30. The Balaban J connectivity index is 1.54. The van der Waals surface area contributed by atoms with Crippen molar-refractivity contribution in [3.05, 3.63) is 22.4 Å². The van der Waals surface area contributed by atoms with E-state index in [4.69, 9.17) is 4.74 Å². The molecule has 1 aliphatic heterocycles. The van der Waals surface area contributed by atoms with Gasteiger partial charge in [0.25, 0.3) is 5.91 Å². The molecule has 1 aromatic rings. The summed E-state index contributed by atoms with van der Waals surface area (Å²) in [5.41, 5.74) is 0. The van der Waals surface area contributed by atoms with Crippen LogP contribution in [0.1, 0.15) is 50.3 Å². The number of quaternary nitrogens is 1. The van der Waals surface area contributed by atoms with Gasteiger partial charge in [-0.3, -0.25) is 4.79 Å². The first kappa shape index (κ1) is 17.9. The first-order chi connectivity index (χ1) is 11.7. The second-order valence-electron chi connectivity index (χ2n) is 7.46. The molecule has 24 heavy (non-hydrogen) atoms. The molecule has 0 aromatic carbocycles. The molecule has 134 valence electrons. The average molecular weight is 352 g/mol. The second kappa shape index (κ2) is 8.97. The van der Waals surface area contributed by atoms with Gasteiger partial charge in [0.2, 0.25) is 0 Å². The van der Waals surface area contributed by atoms with Gasteiger partial charge in [-0.1, -0.05) is 25.8 Å². The Kier molecular flexibility index (Phi) is 6.69. The number of nitrogens with one attached hydrogen (secondary N) is 2. The Morgan fingerprint density at radius 1 is 1.33 bits per heavy atom. The van der Waals surface area contributed by atoms with Crippen molar-refractivity contribution in [1.29, 1.82) is 0 Å². The largest absolute Gasteiger partial charge is 0.372 e. The monoisotopic (exact) mass is 351 g/mol. The number of amides is 1. The lowest BCUT2D eigenvalue weighted by Gasteiger charge is -2.30. The number of rotatable bonds is 7. The Morgan fingerprint density at radius 2 is 2.21 bits per heavy atom. The minimum Gasteiger partial charge on any atom is -0.372 e. The van der Waals surface area contributed by atoms with Gasteiger partial charge in [-0.05, 0) is 43.0 Å². The number of ether oxygens (including phenoxy) is 1. The predicted octanol–water partition coefficient (Wildman–Crippen LogP) is 2.01. The maximum Gasteiger partial charge on any atom is 0.275 e. The zero-order valence-corrected chi connectivity index (χ0v) is 15.6. The van der Waals surface area contributed by atoms with Crippen molar-refractivity contribution < 1.29 is 14.4 Å². The number of carbonyl (C=O) groups excluding carboxylic acids is 1. The highest BCUT2D eigenvalue weighted by Gasteiger charge is 2.27. The maximum atomic E-state index is 12.6. The molecule has 2 aliphatic rings. The van der Waals surface area contributed by atoms with Crippen LogP contribution in [0.4, 0.5) is 0 Å². The molecule has 0 spiro atoms. The van der Waals surface area contributed by atoms with Crippen LogP contribution in [0.25, 0.3) is 0 Å². The van der Waals surface area contributed by atoms with E-state index in [9.17, 15) is 4.79 Å². The van der Waals surface area contributed by atoms with Crippen molar-refractivity contribution in [3.8, 4) is 0 Å². The van der Waals surface area contributed by atoms with Crippen LogP contribution in [0.15, 0.2) is 17.5 Å². The van der Waals surface area contributed by atoms with Gasteiger partial charge in [-0.2, -0.15) is 0 Å². The summed E-state index contributed by atoms with van der Waals surface area (Å²) in [6.07, 6.45) is 7.55. The van der Waals surface area contributed by atoms with E-state index >= 15 is 0 Å². The van der Waals surface area contributed by atoms with Gasteiger partial charge in [0.05, 0.1) is 4.88 Å². The Labute approximate surface area is 149 Å². The van der Waals surface area contributed by atoms with E-state index in [0.717, 1.165) is 39.0 Å². The van der Waals surface area contributed by atoms with Gasteiger partial charge in [0.15, 0.2) is 6.54 Å². The summed E-state index contributed by atoms with van der Waals surface area (Å²) in [4.78, 5) is 15.3. The summed E-state index contributed by atoms with van der Waals surface area (Å²) in [6.45, 7) is 5.56. The molecule has 1 saturated carbocycles. The van der Waals surface area contributed by atoms with E-state index < -0.39 is 0 Å². The predicted molar refractivity (Wildman–Crippen MR) is 97.3 cm³/mol. The normalized spacial score (nSPS) is 28.6. The molecule has 1 amide bonds. The quantitative estimate of drug-likeness (QED) is 0.789. The van der Waals surface area contributed by atoms with Crippen LogP contribution in [0.5, 0.6) is 0 Å². The van der Waals surface area contributed by atoms with Crippen LogP contribution in [0.3, 0.4) is 0 Å². The summed E-state index contributed by atoms with van der Waals surface area (Å²) in [6, 6.07) is 4.63. The fraction of sp³-hybridized carbons (Fsp3) is 0.737. The van der Waals surface area contributed by atoms with Crippen molar-refractivity contribution in [2.45, 2.75) is 64.1 Å². The van der Waals surface area contributed by atoms with Crippen molar-refractivity contribution in [2.24, 2.45) is 5.92 Å². The molecule has 1 aliphatic carbocycles. The summed E-state index contributed by atoms with van der Waals surface area (Å²) >= 11 is 1.78. The third-order valence-corrected chi connectivity index (χ3v) is 6.29. The van der Waals surface area contributed by atoms with Crippen LogP contribution in [0, 0.1) is 5.92 Å². The Hall–Kier alpha value is -0.910. The summed E-state index contributed by atoms with van der Waals surface area (Å²) in [5, 5.41) is 5.42. The lowest BCUT2D eigenvalue weighted by atomic mass is 9.86. The number of thiophene rings is 1. The number of hydrogen-bond acceptors (Lipinski definition) is 3. The molecular weight excluding hydrogens is 320 g/mol. The van der Waals surface area contributed by atoms with Gasteiger partial charge in [-0.25, -0.2) is 0 Å². The van der Waals surface area contributed by atoms with E-state index in [2.05, 4.69) is 29.8 Å². The van der Waals surface area contributed by atoms with E-state index in [1.54, 1.807) is 11.3 Å². The zero-order valence-electron chi connectivity index (χ0n) is 14.8. The van der Waals surface area contributed by atoms with Gasteiger partial charge < -0.3 is 15.0 Å². The van der Waals surface area contributed by atoms with Crippen molar-refractivity contribution in [2.75, 3.05) is 19.7 Å². The zero-order chi connectivity index (χ0) is 16.8. The average Bonchev–Trinajstić information content (AvgIpc) is 3.23. The highest BCUT2D eigenvalue weighted by Crippen LogP contribution is 2.23. The fourth-order valence-electron chi connectivity index (χ4n) is 4.01. The van der Waals surface area contributed by atoms with E-state index in [1.165, 1.54) is 29.0 Å². The van der Waals surface area contributed by atoms with Crippen LogP contribution in [-0.4, -0.2) is 37.7 Å². The molecule has 4 nitrogen and oxygen atoms in total. The molecule has 1 unspecified atom stereocenters. The molecule has 4 atom stereocenters. The second-order valence-corrected chi connectivity index (χ2v) is 8.49. The summed E-state index contributed by atoms with van der Waals surface area (Å²) in [5.74, 6) is 0.819. The molecule has 2 heterocycles. The number of carbonyl (C=O) groups is 1. The molecule has 1 aromatic heterocycles. The van der Waals surface area contributed by atoms with Crippen molar-refractivity contribution >= 4 is 17.2 Å². The van der Waals surface area contributed by atoms with Crippen molar-refractivity contribution in [1.82, 2.24) is 5.32 Å². The summed E-state index contributed by atoms with van der Waals surface area (Å²) in [7, 11) is 0. The molecular formula is C19H31N2O2S+. The van der Waals surface area contributed by atoms with Crippen LogP contribution < -0.4 is 10.2 Å². The van der Waals surface area contributed by atoms with Crippen molar-refractivity contribution in [3.63, 3.8) is 0 Å². The van der Waals surface area contributed by atoms with Gasteiger partial charge in [0.1, 0.15) is 19.2 Å². The van der Waals surface area contributed by atoms with E-state index in [-0.39, 0.29) is 5.91 Å². The first-order valence-electron chi connectivity index (χ1n) is 9.47. The SMILES string of the molecule is C[C@@H]1CCCC[C@H]1NC(=O)C[NH+](Cc1cccs1)C[C@@H]1CCCO1. The minimum absolute atomic E-state index is 0.207. The highest BCUT2D eigenvalue weighted by molar-refractivity contribution is 7.09. The van der Waals surface area contributed by atoms with Crippen LogP contribution in [-0.2, 0) is 16.1 Å². The molecule has 0 radical (unpaired) electrons. The smallest absolute Gasteiger partial charge is 0.275 e. The molecule has 2 fully saturated rings. The molecule has 5 heteroatoms. The first-order valence-corrected chi connectivity index (χ1v) is 10.4. The molecule has 3 rings (SSSR count). The fourth-order valence-corrected chi connectivity index (χ4v) is 4.79. The van der Waals surface area contributed by atoms with Gasteiger partial charge in [0, 0.05) is 12.6 Å².